The van der Waals surface area contributed by atoms with Crippen molar-refractivity contribution in [1.82, 2.24) is 14.8 Å². The third kappa shape index (κ3) is 4.16. The van der Waals surface area contributed by atoms with Gasteiger partial charge in [-0.3, -0.25) is 4.79 Å². The summed E-state index contributed by atoms with van der Waals surface area (Å²) < 4.78 is 18.5. The zero-order valence-corrected chi connectivity index (χ0v) is 21.8. The van der Waals surface area contributed by atoms with Crippen LogP contribution in [-0.2, 0) is 4.79 Å². The molecule has 38 heavy (non-hydrogen) atoms. The highest BCUT2D eigenvalue weighted by atomic mass is 32.1. The summed E-state index contributed by atoms with van der Waals surface area (Å²) in [4.78, 5) is 18.6. The first-order valence-electron chi connectivity index (χ1n) is 12.0. The van der Waals surface area contributed by atoms with E-state index in [0.717, 1.165) is 28.1 Å². The van der Waals surface area contributed by atoms with Gasteiger partial charge in [-0.2, -0.15) is 9.78 Å². The molecule has 1 aliphatic heterocycles. The number of hydrogen-bond acceptors (Lipinski definition) is 7. The number of para-hydroxylation sites is 2. The van der Waals surface area contributed by atoms with E-state index >= 15 is 0 Å². The highest BCUT2D eigenvalue weighted by Crippen LogP contribution is 2.44. The van der Waals surface area contributed by atoms with Gasteiger partial charge in [-0.25, -0.2) is 4.98 Å². The van der Waals surface area contributed by atoms with Gasteiger partial charge in [-0.1, -0.05) is 36.4 Å². The minimum Gasteiger partial charge on any atom is -0.493 e. The van der Waals surface area contributed by atoms with Crippen LogP contribution in [0.2, 0.25) is 0 Å². The van der Waals surface area contributed by atoms with Crippen molar-refractivity contribution >= 4 is 23.1 Å². The van der Waals surface area contributed by atoms with Crippen molar-refractivity contribution in [2.75, 3.05) is 19.5 Å². The van der Waals surface area contributed by atoms with E-state index in [2.05, 4.69) is 10.4 Å². The first-order valence-corrected chi connectivity index (χ1v) is 12.8. The maximum absolute atomic E-state index is 13.8. The van der Waals surface area contributed by atoms with Gasteiger partial charge in [0.2, 0.25) is 11.0 Å². The van der Waals surface area contributed by atoms with Gasteiger partial charge in [0.05, 0.1) is 31.5 Å². The number of aromatic nitrogens is 3. The third-order valence-electron chi connectivity index (χ3n) is 6.38. The number of hydrogen-bond donors (Lipinski definition) is 1. The molecule has 190 valence electrons. The van der Waals surface area contributed by atoms with Crippen LogP contribution >= 0.6 is 11.3 Å². The Hall–Kier alpha value is -4.63. The Kier molecular flexibility index (Phi) is 6.05. The number of carbonyl (C=O) groups is 1. The van der Waals surface area contributed by atoms with Gasteiger partial charge >= 0.3 is 0 Å². The molecule has 6 rings (SSSR count). The zero-order valence-electron chi connectivity index (χ0n) is 21.0. The Morgan fingerprint density at radius 3 is 2.32 bits per heavy atom. The minimum atomic E-state index is -0.529. The molecule has 0 saturated heterocycles. The zero-order chi connectivity index (χ0) is 26.2. The summed E-state index contributed by atoms with van der Waals surface area (Å²) in [7, 11) is 3.21. The lowest BCUT2D eigenvalue weighted by Crippen LogP contribution is -2.26. The van der Waals surface area contributed by atoms with Gasteiger partial charge in [0.1, 0.15) is 17.3 Å². The van der Waals surface area contributed by atoms with Gasteiger partial charge in [-0.05, 0) is 37.3 Å². The maximum Gasteiger partial charge on any atom is 0.237 e. The van der Waals surface area contributed by atoms with Gasteiger partial charge in [0.15, 0.2) is 11.5 Å². The van der Waals surface area contributed by atoms with E-state index in [4.69, 9.17) is 19.2 Å². The first-order chi connectivity index (χ1) is 18.6. The van der Waals surface area contributed by atoms with Crippen LogP contribution in [0.1, 0.15) is 22.7 Å². The molecule has 1 N–H and O–H groups in total. The van der Waals surface area contributed by atoms with Crippen LogP contribution in [0.3, 0.4) is 0 Å². The number of anilines is 1. The van der Waals surface area contributed by atoms with Crippen LogP contribution in [-0.4, -0.2) is 34.9 Å². The number of nitrogens with zero attached hydrogens (tertiary/aromatic N) is 3. The summed E-state index contributed by atoms with van der Waals surface area (Å²) >= 11 is 1.43. The molecule has 5 aromatic rings. The molecule has 0 radical (unpaired) electrons. The van der Waals surface area contributed by atoms with Crippen LogP contribution < -0.4 is 19.5 Å². The molecule has 1 amide bonds. The van der Waals surface area contributed by atoms with E-state index in [1.54, 1.807) is 18.9 Å². The van der Waals surface area contributed by atoms with Crippen molar-refractivity contribution in [3.8, 4) is 39.4 Å². The lowest BCUT2D eigenvalue weighted by Gasteiger charge is -2.27. The Morgan fingerprint density at radius 2 is 1.63 bits per heavy atom. The lowest BCUT2D eigenvalue weighted by molar-refractivity contribution is -0.116. The topological polar surface area (TPSA) is 87.5 Å². The molecule has 3 aromatic carbocycles. The summed E-state index contributed by atoms with van der Waals surface area (Å²) in [5.41, 5.74) is 4.04. The van der Waals surface area contributed by atoms with E-state index in [-0.39, 0.29) is 5.91 Å². The number of nitrogens with one attached hydrogen (secondary N) is 1. The summed E-state index contributed by atoms with van der Waals surface area (Å²) in [5, 5.41) is 10.3. The maximum atomic E-state index is 13.8. The largest absolute Gasteiger partial charge is 0.493 e. The van der Waals surface area contributed by atoms with E-state index < -0.39 is 5.92 Å². The van der Waals surface area contributed by atoms with Crippen LogP contribution in [0.15, 0.2) is 78.2 Å². The number of carbonyl (C=O) groups excluding carboxylic acids is 1. The van der Waals surface area contributed by atoms with E-state index in [1.165, 1.54) is 11.3 Å². The molecule has 3 heterocycles. The second-order valence-corrected chi connectivity index (χ2v) is 9.60. The number of amides is 1. The standard InChI is InChI=1S/C29H24N4O4S/c1-17-14-26(31-28(34)27-19-8-4-6-10-22(19)37-23-11-7-5-9-20(23)27)33(32-17)29-30-21(16-38-29)18-12-13-24(35-2)25(15-18)36-3/h4-16,27H,1-3H3,(H,31,34). The van der Waals surface area contributed by atoms with E-state index in [0.29, 0.717) is 33.9 Å². The van der Waals surface area contributed by atoms with Crippen LogP contribution in [0.25, 0.3) is 16.4 Å². The van der Waals surface area contributed by atoms with Crippen molar-refractivity contribution in [2.45, 2.75) is 12.8 Å². The van der Waals surface area contributed by atoms with Gasteiger partial charge in [0.25, 0.3) is 0 Å². The van der Waals surface area contributed by atoms with Gasteiger partial charge < -0.3 is 19.5 Å². The SMILES string of the molecule is COc1ccc(-c2csc(-n3nc(C)cc3NC(=O)C3c4ccccc4Oc4ccccc43)n2)cc1OC. The Morgan fingerprint density at radius 1 is 0.947 bits per heavy atom. The van der Waals surface area contributed by atoms with E-state index in [9.17, 15) is 4.79 Å². The summed E-state index contributed by atoms with van der Waals surface area (Å²) in [6, 6.07) is 22.7. The number of aryl methyl sites for hydroxylation is 1. The quantitative estimate of drug-likeness (QED) is 0.285. The Labute approximate surface area is 223 Å². The molecule has 0 spiro atoms. The van der Waals surface area contributed by atoms with Crippen LogP contribution in [0.4, 0.5) is 5.82 Å². The number of rotatable bonds is 6. The summed E-state index contributed by atoms with van der Waals surface area (Å²) in [6.45, 7) is 1.88. The van der Waals surface area contributed by atoms with Crippen molar-refractivity contribution in [3.05, 3.63) is 95.0 Å². The number of methoxy groups -OCH3 is 2. The fourth-order valence-electron chi connectivity index (χ4n) is 4.61. The smallest absolute Gasteiger partial charge is 0.237 e. The molecule has 1 aliphatic rings. The van der Waals surface area contributed by atoms with Gasteiger partial charge in [-0.15, -0.1) is 11.3 Å². The molecule has 0 aliphatic carbocycles. The fraction of sp³-hybridized carbons (Fsp3) is 0.138. The molecular weight excluding hydrogens is 500 g/mol. The van der Waals surface area contributed by atoms with Crippen LogP contribution in [0.5, 0.6) is 23.0 Å². The highest BCUT2D eigenvalue weighted by Gasteiger charge is 2.33. The van der Waals surface area contributed by atoms with Crippen molar-refractivity contribution < 1.29 is 19.0 Å². The van der Waals surface area contributed by atoms with E-state index in [1.807, 2.05) is 85.1 Å². The molecule has 0 atom stereocenters. The number of thiazole rings is 1. The second-order valence-electron chi connectivity index (χ2n) is 8.77. The van der Waals surface area contributed by atoms with Crippen molar-refractivity contribution in [3.63, 3.8) is 0 Å². The number of ether oxygens (including phenoxy) is 3. The Bertz CT molecular complexity index is 1610. The molecule has 9 heteroatoms. The highest BCUT2D eigenvalue weighted by molar-refractivity contribution is 7.12. The first kappa shape index (κ1) is 23.7. The van der Waals surface area contributed by atoms with Gasteiger partial charge in [0, 0.05) is 28.1 Å². The lowest BCUT2D eigenvalue weighted by atomic mass is 9.87. The predicted molar refractivity (Wildman–Crippen MR) is 146 cm³/mol. The molecule has 8 nitrogen and oxygen atoms in total. The third-order valence-corrected chi connectivity index (χ3v) is 7.19. The average Bonchev–Trinajstić information content (AvgIpc) is 3.57. The van der Waals surface area contributed by atoms with Crippen LogP contribution in [0, 0.1) is 6.92 Å². The monoisotopic (exact) mass is 524 g/mol. The number of benzene rings is 3. The normalized spacial score (nSPS) is 12.3. The summed E-state index contributed by atoms with van der Waals surface area (Å²) in [6.07, 6.45) is 0. The Balaban J connectivity index is 1.33. The molecular formula is C29H24N4O4S. The molecule has 0 unspecified atom stereocenters. The predicted octanol–water partition coefficient (Wildman–Crippen LogP) is 6.20. The molecule has 0 bridgehead atoms. The fourth-order valence-corrected chi connectivity index (χ4v) is 5.41. The minimum absolute atomic E-state index is 0.175. The molecule has 2 aromatic heterocycles. The van der Waals surface area contributed by atoms with Crippen molar-refractivity contribution in [2.24, 2.45) is 0 Å². The number of fused-ring (bicyclic) bond motifs is 2. The van der Waals surface area contributed by atoms with Crippen molar-refractivity contribution in [1.29, 1.82) is 0 Å². The average molecular weight is 525 g/mol. The molecule has 0 fully saturated rings. The second kappa shape index (κ2) is 9.68. The molecule has 0 saturated carbocycles. The summed E-state index contributed by atoms with van der Waals surface area (Å²) in [5.74, 6) is 2.47.